The van der Waals surface area contributed by atoms with Crippen molar-refractivity contribution in [1.82, 2.24) is 5.32 Å². The molecule has 0 aliphatic rings. The van der Waals surface area contributed by atoms with Crippen molar-refractivity contribution >= 4 is 0 Å². The molecule has 0 radical (unpaired) electrons. The smallest absolute Gasteiger partial charge is 0.123 e. The molecule has 0 aromatic heterocycles. The van der Waals surface area contributed by atoms with Gasteiger partial charge in [0, 0.05) is 6.04 Å². The number of hydrogen-bond acceptors (Lipinski definition) is 2. The maximum atomic E-state index is 5.93. The van der Waals surface area contributed by atoms with Crippen molar-refractivity contribution < 1.29 is 4.74 Å². The van der Waals surface area contributed by atoms with E-state index in [9.17, 15) is 0 Å². The minimum atomic E-state index is 0.134. The highest BCUT2D eigenvalue weighted by Crippen LogP contribution is 2.30. The molecule has 1 unspecified atom stereocenters. The van der Waals surface area contributed by atoms with Gasteiger partial charge in [0.15, 0.2) is 0 Å². The first-order chi connectivity index (χ1) is 8.45. The Morgan fingerprint density at radius 3 is 2.50 bits per heavy atom. The second kappa shape index (κ2) is 6.79. The molecule has 102 valence electrons. The summed E-state index contributed by atoms with van der Waals surface area (Å²) in [5.74, 6) is 1.03. The van der Waals surface area contributed by atoms with E-state index in [2.05, 4.69) is 51.2 Å². The van der Waals surface area contributed by atoms with Crippen molar-refractivity contribution in [3.63, 3.8) is 0 Å². The van der Waals surface area contributed by atoms with Crippen molar-refractivity contribution in [1.29, 1.82) is 0 Å². The average Bonchev–Trinajstić information content (AvgIpc) is 2.33. The van der Waals surface area contributed by atoms with Gasteiger partial charge in [-0.3, -0.25) is 0 Å². The van der Waals surface area contributed by atoms with E-state index in [0.29, 0.717) is 6.04 Å². The zero-order valence-corrected chi connectivity index (χ0v) is 12.4. The van der Waals surface area contributed by atoms with Crippen LogP contribution in [0.2, 0.25) is 0 Å². The molecule has 2 heteroatoms. The van der Waals surface area contributed by atoms with Crippen LogP contribution in [0.25, 0.3) is 0 Å². The van der Waals surface area contributed by atoms with E-state index < -0.39 is 0 Å². The average molecular weight is 249 g/mol. The highest BCUT2D eigenvalue weighted by Gasteiger charge is 2.18. The predicted octanol–water partition coefficient (Wildman–Crippen LogP) is 3.75. The summed E-state index contributed by atoms with van der Waals surface area (Å²) in [6.07, 6.45) is 2.23. The molecule has 1 rings (SSSR count). The Hall–Kier alpha value is -1.02. The second-order valence-corrected chi connectivity index (χ2v) is 5.93. The fraction of sp³-hybridized carbons (Fsp3) is 0.625. The van der Waals surface area contributed by atoms with Crippen molar-refractivity contribution in [2.75, 3.05) is 13.7 Å². The summed E-state index contributed by atoms with van der Waals surface area (Å²) in [7, 11) is 2.00. The van der Waals surface area contributed by atoms with Crippen LogP contribution in [0.4, 0.5) is 0 Å². The lowest BCUT2D eigenvalue weighted by Gasteiger charge is -2.22. The number of nitrogens with one attached hydrogen (secondary N) is 1. The van der Waals surface area contributed by atoms with Crippen LogP contribution in [0.1, 0.15) is 46.1 Å². The predicted molar refractivity (Wildman–Crippen MR) is 78.4 cm³/mol. The molecule has 18 heavy (non-hydrogen) atoms. The van der Waals surface area contributed by atoms with E-state index >= 15 is 0 Å². The van der Waals surface area contributed by atoms with Gasteiger partial charge in [0.1, 0.15) is 5.75 Å². The largest absolute Gasteiger partial charge is 0.493 e. The SMILES string of the molecule is CNC(C)CCCOc1ccccc1C(C)(C)C. The molecule has 0 bridgehead atoms. The Bertz CT molecular complexity index is 354. The van der Waals surface area contributed by atoms with Gasteiger partial charge >= 0.3 is 0 Å². The summed E-state index contributed by atoms with van der Waals surface area (Å²) >= 11 is 0. The lowest BCUT2D eigenvalue weighted by atomic mass is 9.86. The summed E-state index contributed by atoms with van der Waals surface area (Å²) in [5.41, 5.74) is 1.42. The highest BCUT2D eigenvalue weighted by molar-refractivity contribution is 5.38. The topological polar surface area (TPSA) is 21.3 Å². The summed E-state index contributed by atoms with van der Waals surface area (Å²) in [5, 5.41) is 3.24. The molecule has 0 aliphatic carbocycles. The minimum Gasteiger partial charge on any atom is -0.493 e. The first-order valence-corrected chi connectivity index (χ1v) is 6.84. The molecule has 0 saturated carbocycles. The van der Waals surface area contributed by atoms with Crippen LogP contribution in [0.15, 0.2) is 24.3 Å². The quantitative estimate of drug-likeness (QED) is 0.775. The van der Waals surface area contributed by atoms with E-state index in [0.717, 1.165) is 25.2 Å². The van der Waals surface area contributed by atoms with Gasteiger partial charge in [-0.2, -0.15) is 0 Å². The van der Waals surface area contributed by atoms with Gasteiger partial charge in [0.05, 0.1) is 6.61 Å². The molecule has 0 heterocycles. The molecular formula is C16H27NO. The Balaban J connectivity index is 2.52. The van der Waals surface area contributed by atoms with Gasteiger partial charge in [0.25, 0.3) is 0 Å². The van der Waals surface area contributed by atoms with Gasteiger partial charge in [-0.25, -0.2) is 0 Å². The van der Waals surface area contributed by atoms with Crippen LogP contribution in [0.3, 0.4) is 0 Å². The zero-order chi connectivity index (χ0) is 13.6. The molecule has 2 nitrogen and oxygen atoms in total. The molecule has 0 amide bonds. The van der Waals surface area contributed by atoms with E-state index in [1.807, 2.05) is 13.1 Å². The van der Waals surface area contributed by atoms with Gasteiger partial charge in [-0.1, -0.05) is 39.0 Å². The molecule has 1 atom stereocenters. The first kappa shape index (κ1) is 15.0. The van der Waals surface area contributed by atoms with Crippen molar-refractivity contribution in [2.45, 2.75) is 52.0 Å². The Labute approximate surface area is 112 Å². The van der Waals surface area contributed by atoms with Crippen LogP contribution < -0.4 is 10.1 Å². The summed E-state index contributed by atoms with van der Waals surface area (Å²) < 4.78 is 5.93. The van der Waals surface area contributed by atoms with Gasteiger partial charge < -0.3 is 10.1 Å². The number of ether oxygens (including phenoxy) is 1. The molecule has 1 N–H and O–H groups in total. The third kappa shape index (κ3) is 4.69. The lowest BCUT2D eigenvalue weighted by molar-refractivity contribution is 0.292. The first-order valence-electron chi connectivity index (χ1n) is 6.84. The summed E-state index contributed by atoms with van der Waals surface area (Å²) in [6, 6.07) is 8.91. The molecular weight excluding hydrogens is 222 g/mol. The normalized spacial score (nSPS) is 13.4. The standard InChI is InChI=1S/C16H27NO/c1-13(17-5)9-8-12-18-15-11-7-6-10-14(15)16(2,3)4/h6-7,10-11,13,17H,8-9,12H2,1-5H3. The van der Waals surface area contributed by atoms with Crippen molar-refractivity contribution in [3.8, 4) is 5.75 Å². The lowest BCUT2D eigenvalue weighted by Crippen LogP contribution is -2.21. The van der Waals surface area contributed by atoms with Crippen LogP contribution in [-0.2, 0) is 5.41 Å². The van der Waals surface area contributed by atoms with Crippen molar-refractivity contribution in [2.24, 2.45) is 0 Å². The Morgan fingerprint density at radius 1 is 1.22 bits per heavy atom. The van der Waals surface area contributed by atoms with Crippen LogP contribution in [-0.4, -0.2) is 19.7 Å². The fourth-order valence-corrected chi connectivity index (χ4v) is 1.93. The molecule has 0 aliphatic heterocycles. The van der Waals surface area contributed by atoms with Crippen molar-refractivity contribution in [3.05, 3.63) is 29.8 Å². The number of rotatable bonds is 6. The minimum absolute atomic E-state index is 0.134. The molecule has 1 aromatic rings. The molecule has 0 spiro atoms. The number of hydrogen-bond donors (Lipinski definition) is 1. The highest BCUT2D eigenvalue weighted by atomic mass is 16.5. The summed E-state index contributed by atoms with van der Waals surface area (Å²) in [6.45, 7) is 9.65. The van der Waals surface area contributed by atoms with Gasteiger partial charge in [0.2, 0.25) is 0 Å². The number of benzene rings is 1. The monoisotopic (exact) mass is 249 g/mol. The molecule has 0 fully saturated rings. The third-order valence-electron chi connectivity index (χ3n) is 3.23. The van der Waals surface area contributed by atoms with Gasteiger partial charge in [-0.15, -0.1) is 0 Å². The van der Waals surface area contributed by atoms with Gasteiger partial charge in [-0.05, 0) is 43.9 Å². The molecule has 0 saturated heterocycles. The Kier molecular flexibility index (Phi) is 5.67. The maximum absolute atomic E-state index is 5.93. The van der Waals surface area contributed by atoms with Crippen LogP contribution in [0, 0.1) is 0 Å². The van der Waals surface area contributed by atoms with Crippen LogP contribution >= 0.6 is 0 Å². The molecule has 1 aromatic carbocycles. The van der Waals surface area contributed by atoms with E-state index in [-0.39, 0.29) is 5.41 Å². The maximum Gasteiger partial charge on any atom is 0.123 e. The number of para-hydroxylation sites is 1. The fourth-order valence-electron chi connectivity index (χ4n) is 1.93. The van der Waals surface area contributed by atoms with Crippen LogP contribution in [0.5, 0.6) is 5.75 Å². The Morgan fingerprint density at radius 2 is 1.89 bits per heavy atom. The van der Waals surface area contributed by atoms with E-state index in [1.54, 1.807) is 0 Å². The van der Waals surface area contributed by atoms with E-state index in [4.69, 9.17) is 4.74 Å². The summed E-state index contributed by atoms with van der Waals surface area (Å²) in [4.78, 5) is 0. The van der Waals surface area contributed by atoms with E-state index in [1.165, 1.54) is 5.56 Å². The third-order valence-corrected chi connectivity index (χ3v) is 3.23. The second-order valence-electron chi connectivity index (χ2n) is 5.93. The zero-order valence-electron chi connectivity index (χ0n) is 12.4.